The molecule has 2 aromatic carbocycles. The predicted octanol–water partition coefficient (Wildman–Crippen LogP) is 5.26. The Kier molecular flexibility index (Phi) is 4.75. The van der Waals surface area contributed by atoms with Gasteiger partial charge in [0.05, 0.1) is 12.6 Å². The summed E-state index contributed by atoms with van der Waals surface area (Å²) in [5.41, 5.74) is 4.98. The average Bonchev–Trinajstić information content (AvgIpc) is 3.04. The molecular weight excluding hydrogens is 344 g/mol. The topological polar surface area (TPSA) is 37.0 Å². The van der Waals surface area contributed by atoms with E-state index < -0.39 is 0 Å². The average molecular weight is 367 g/mol. The van der Waals surface area contributed by atoms with E-state index in [1.165, 1.54) is 22.2 Å². The number of halogens is 1. The third-order valence-corrected chi connectivity index (χ3v) is 5.28. The lowest BCUT2D eigenvalue weighted by atomic mass is 9.94. The molecule has 0 bridgehead atoms. The number of fused-ring (bicyclic) bond motifs is 3. The van der Waals surface area contributed by atoms with E-state index in [0.717, 1.165) is 29.3 Å². The highest BCUT2D eigenvalue weighted by atomic mass is 35.5. The monoisotopic (exact) mass is 366 g/mol. The quantitative estimate of drug-likeness (QED) is 0.604. The van der Waals surface area contributed by atoms with E-state index in [1.807, 2.05) is 24.3 Å². The number of H-pyrrole nitrogens is 1. The lowest BCUT2D eigenvalue weighted by Gasteiger charge is -2.25. The molecule has 4 rings (SSSR count). The molecule has 0 radical (unpaired) electrons. The summed E-state index contributed by atoms with van der Waals surface area (Å²) in [7, 11) is 0. The van der Waals surface area contributed by atoms with Crippen molar-refractivity contribution < 1.29 is 4.74 Å². The van der Waals surface area contributed by atoms with Crippen LogP contribution in [0.25, 0.3) is 10.9 Å². The Morgan fingerprint density at radius 3 is 2.85 bits per heavy atom. The number of aromatic amines is 1. The summed E-state index contributed by atoms with van der Waals surface area (Å²) in [6.45, 7) is 7.49. The lowest BCUT2D eigenvalue weighted by Crippen LogP contribution is -2.30. The van der Waals surface area contributed by atoms with Gasteiger partial charge in [0, 0.05) is 34.1 Å². The fourth-order valence-electron chi connectivity index (χ4n) is 3.54. The van der Waals surface area contributed by atoms with Gasteiger partial charge in [-0.05, 0) is 47.9 Å². The highest BCUT2D eigenvalue weighted by molar-refractivity contribution is 6.31. The molecule has 3 aromatic rings. The smallest absolute Gasteiger partial charge is 0.119 e. The Bertz CT molecular complexity index is 929. The first-order valence-corrected chi connectivity index (χ1v) is 9.42. The van der Waals surface area contributed by atoms with Gasteiger partial charge in [0.1, 0.15) is 5.75 Å². The molecule has 3 nitrogen and oxygen atoms in total. The second-order valence-corrected chi connectivity index (χ2v) is 7.37. The largest absolute Gasteiger partial charge is 0.493 e. The Balaban J connectivity index is 1.61. The summed E-state index contributed by atoms with van der Waals surface area (Å²) >= 11 is 6.20. The molecule has 0 amide bonds. The number of aromatic nitrogens is 1. The maximum Gasteiger partial charge on any atom is 0.119 e. The van der Waals surface area contributed by atoms with Crippen LogP contribution in [0.1, 0.15) is 29.8 Å². The van der Waals surface area contributed by atoms with Crippen molar-refractivity contribution in [2.45, 2.75) is 19.4 Å². The van der Waals surface area contributed by atoms with Crippen molar-refractivity contribution >= 4 is 22.5 Å². The van der Waals surface area contributed by atoms with Crippen LogP contribution >= 0.6 is 11.6 Å². The second-order valence-electron chi connectivity index (χ2n) is 6.94. The molecule has 0 saturated carbocycles. The molecule has 1 aromatic heterocycles. The summed E-state index contributed by atoms with van der Waals surface area (Å²) in [4.78, 5) is 3.59. The van der Waals surface area contributed by atoms with Crippen molar-refractivity contribution in [2.24, 2.45) is 5.92 Å². The Labute approximate surface area is 159 Å². The normalized spacial score (nSPS) is 17.7. The van der Waals surface area contributed by atoms with Crippen LogP contribution in [-0.2, 0) is 6.42 Å². The van der Waals surface area contributed by atoms with E-state index in [4.69, 9.17) is 16.3 Å². The molecule has 2 heterocycles. The molecule has 0 spiro atoms. The third kappa shape index (κ3) is 3.25. The lowest BCUT2D eigenvalue weighted by molar-refractivity contribution is 0.285. The van der Waals surface area contributed by atoms with Crippen LogP contribution in [-0.4, -0.2) is 18.1 Å². The van der Waals surface area contributed by atoms with Crippen LogP contribution in [0.3, 0.4) is 0 Å². The van der Waals surface area contributed by atoms with Crippen molar-refractivity contribution in [2.75, 3.05) is 13.2 Å². The molecule has 0 saturated heterocycles. The van der Waals surface area contributed by atoms with Crippen LogP contribution in [0.2, 0.25) is 5.02 Å². The van der Waals surface area contributed by atoms with E-state index >= 15 is 0 Å². The maximum absolute atomic E-state index is 6.20. The number of benzene rings is 2. The number of rotatable bonds is 5. The minimum atomic E-state index is 0.158. The fourth-order valence-corrected chi connectivity index (χ4v) is 3.71. The van der Waals surface area contributed by atoms with Crippen molar-refractivity contribution in [1.82, 2.24) is 10.3 Å². The zero-order chi connectivity index (χ0) is 18.1. The first kappa shape index (κ1) is 17.2. The van der Waals surface area contributed by atoms with E-state index in [-0.39, 0.29) is 6.04 Å². The van der Waals surface area contributed by atoms with Crippen molar-refractivity contribution in [3.8, 4) is 5.75 Å². The third-order valence-electron chi connectivity index (χ3n) is 5.04. The van der Waals surface area contributed by atoms with Gasteiger partial charge in [-0.25, -0.2) is 0 Å². The maximum atomic E-state index is 6.20. The standard InChI is InChI=1S/C22H23ClN2O/c1-3-14(2)13-26-17-7-4-15(5-8-17)21-22-18(10-11-24-21)19-12-16(23)6-9-20(19)25-22/h3-9,12,14,21,24-25H,1,10-11,13H2,2H3. The molecule has 1 aliphatic heterocycles. The summed E-state index contributed by atoms with van der Waals surface area (Å²) in [6, 6.07) is 14.6. The van der Waals surface area contributed by atoms with Crippen LogP contribution in [0.5, 0.6) is 5.75 Å². The predicted molar refractivity (Wildman–Crippen MR) is 108 cm³/mol. The summed E-state index contributed by atoms with van der Waals surface area (Å²) < 4.78 is 5.82. The Hall–Kier alpha value is -2.23. The summed E-state index contributed by atoms with van der Waals surface area (Å²) in [6.07, 6.45) is 2.91. The van der Waals surface area contributed by atoms with E-state index in [1.54, 1.807) is 0 Å². The Morgan fingerprint density at radius 1 is 1.27 bits per heavy atom. The molecular formula is C22H23ClN2O. The van der Waals surface area contributed by atoms with E-state index in [2.05, 4.69) is 48.1 Å². The second kappa shape index (κ2) is 7.18. The van der Waals surface area contributed by atoms with Gasteiger partial charge in [-0.2, -0.15) is 0 Å². The Morgan fingerprint density at radius 2 is 2.08 bits per heavy atom. The molecule has 134 valence electrons. The van der Waals surface area contributed by atoms with Crippen LogP contribution < -0.4 is 10.1 Å². The van der Waals surface area contributed by atoms with Crippen molar-refractivity contribution in [3.63, 3.8) is 0 Å². The van der Waals surface area contributed by atoms with Crippen LogP contribution in [0.4, 0.5) is 0 Å². The van der Waals surface area contributed by atoms with Gasteiger partial charge >= 0.3 is 0 Å². The zero-order valence-corrected chi connectivity index (χ0v) is 15.6. The molecule has 1 aliphatic rings. The molecule has 2 unspecified atom stereocenters. The first-order chi connectivity index (χ1) is 12.7. The summed E-state index contributed by atoms with van der Waals surface area (Å²) in [5, 5.41) is 5.64. The molecule has 26 heavy (non-hydrogen) atoms. The summed E-state index contributed by atoms with van der Waals surface area (Å²) in [5.74, 6) is 1.23. The minimum absolute atomic E-state index is 0.158. The van der Waals surface area contributed by atoms with Gasteiger partial charge in [0.2, 0.25) is 0 Å². The molecule has 0 fully saturated rings. The first-order valence-electron chi connectivity index (χ1n) is 9.04. The van der Waals surface area contributed by atoms with Crippen LogP contribution in [0, 0.1) is 5.92 Å². The SMILES string of the molecule is C=CC(C)COc1ccc(C2NCCc3c2[nH]c2ccc(Cl)cc32)cc1. The van der Waals surface area contributed by atoms with Crippen molar-refractivity contribution in [3.05, 3.63) is 77.0 Å². The highest BCUT2D eigenvalue weighted by Crippen LogP contribution is 2.35. The molecule has 2 atom stereocenters. The van der Waals surface area contributed by atoms with Gasteiger partial charge in [0.25, 0.3) is 0 Å². The number of ether oxygens (including phenoxy) is 1. The van der Waals surface area contributed by atoms with Crippen LogP contribution in [0.15, 0.2) is 55.1 Å². The van der Waals surface area contributed by atoms with Gasteiger partial charge in [0.15, 0.2) is 0 Å². The van der Waals surface area contributed by atoms with E-state index in [9.17, 15) is 0 Å². The zero-order valence-electron chi connectivity index (χ0n) is 14.9. The molecule has 4 heteroatoms. The number of hydrogen-bond donors (Lipinski definition) is 2. The van der Waals surface area contributed by atoms with Gasteiger partial charge in [-0.3, -0.25) is 0 Å². The minimum Gasteiger partial charge on any atom is -0.493 e. The van der Waals surface area contributed by atoms with Gasteiger partial charge < -0.3 is 15.0 Å². The highest BCUT2D eigenvalue weighted by Gasteiger charge is 2.25. The van der Waals surface area contributed by atoms with E-state index in [0.29, 0.717) is 12.5 Å². The number of hydrogen-bond acceptors (Lipinski definition) is 2. The number of nitrogens with one attached hydrogen (secondary N) is 2. The van der Waals surface area contributed by atoms with Crippen molar-refractivity contribution in [1.29, 1.82) is 0 Å². The molecule has 2 N–H and O–H groups in total. The van der Waals surface area contributed by atoms with Gasteiger partial charge in [-0.1, -0.05) is 36.7 Å². The van der Waals surface area contributed by atoms with Gasteiger partial charge in [-0.15, -0.1) is 6.58 Å². The fraction of sp³-hybridized carbons (Fsp3) is 0.273. The molecule has 0 aliphatic carbocycles.